The second-order valence-corrected chi connectivity index (χ2v) is 2.47. The summed E-state index contributed by atoms with van der Waals surface area (Å²) in [6.07, 6.45) is 1.77. The van der Waals surface area contributed by atoms with Gasteiger partial charge in [-0.05, 0) is 0 Å². The number of aldehydes is 2. The molecule has 0 aromatic rings. The summed E-state index contributed by atoms with van der Waals surface area (Å²) in [7, 11) is 0. The van der Waals surface area contributed by atoms with Gasteiger partial charge < -0.3 is 14.9 Å². The van der Waals surface area contributed by atoms with Gasteiger partial charge in [0.2, 0.25) is 0 Å². The van der Waals surface area contributed by atoms with Gasteiger partial charge in [-0.15, -0.1) is 0 Å². The third-order valence-electron chi connectivity index (χ3n) is 1.06. The highest BCUT2D eigenvalue weighted by atomic mass is 16.1. The molecule has 0 aromatic heterocycles. The first kappa shape index (κ1) is 9.30. The lowest BCUT2D eigenvalue weighted by Gasteiger charge is -2.11. The van der Waals surface area contributed by atoms with Crippen LogP contribution in [0.5, 0.6) is 0 Å². The van der Waals surface area contributed by atoms with Gasteiger partial charge in [0.15, 0.2) is 0 Å². The van der Waals surface area contributed by atoms with Crippen LogP contribution in [0.1, 0.15) is 20.3 Å². The van der Waals surface area contributed by atoms with Crippen LogP contribution < -0.4 is 5.32 Å². The normalized spacial score (nSPS) is 13.1. The first-order valence-corrected chi connectivity index (χ1v) is 3.35. The second-order valence-electron chi connectivity index (χ2n) is 2.47. The Bertz CT molecular complexity index is 112. The summed E-state index contributed by atoms with van der Waals surface area (Å²) in [4.78, 5) is 20.2. The van der Waals surface area contributed by atoms with Crippen LogP contribution in [0, 0.1) is 0 Å². The smallest absolute Gasteiger partial charge is 0.137 e. The van der Waals surface area contributed by atoms with Crippen LogP contribution >= 0.6 is 0 Å². The lowest BCUT2D eigenvalue weighted by molar-refractivity contribution is -0.114. The van der Waals surface area contributed by atoms with Gasteiger partial charge in [0.25, 0.3) is 0 Å². The Hall–Kier alpha value is -0.700. The molecule has 0 aliphatic rings. The van der Waals surface area contributed by atoms with Crippen LogP contribution in [0.2, 0.25) is 0 Å². The number of rotatable bonds is 5. The van der Waals surface area contributed by atoms with E-state index in [1.54, 1.807) is 0 Å². The number of carbonyl (C=O) groups is 2. The van der Waals surface area contributed by atoms with Crippen molar-refractivity contribution >= 4 is 12.6 Å². The van der Waals surface area contributed by atoms with Crippen molar-refractivity contribution in [3.8, 4) is 0 Å². The molecule has 0 rings (SSSR count). The fraction of sp³-hybridized carbons (Fsp3) is 0.714. The lowest BCUT2D eigenvalue weighted by atomic mass is 10.2. The lowest BCUT2D eigenvalue weighted by Crippen LogP contribution is -2.36. The van der Waals surface area contributed by atoms with Gasteiger partial charge in [-0.1, -0.05) is 13.8 Å². The van der Waals surface area contributed by atoms with E-state index in [0.29, 0.717) is 0 Å². The summed E-state index contributed by atoms with van der Waals surface area (Å²) < 4.78 is 0. The van der Waals surface area contributed by atoms with Gasteiger partial charge in [0.1, 0.15) is 12.6 Å². The summed E-state index contributed by atoms with van der Waals surface area (Å²) in [6, 6.07) is -0.0624. The largest absolute Gasteiger partial charge is 0.305 e. The number of hydrogen-bond donors (Lipinski definition) is 1. The van der Waals surface area contributed by atoms with E-state index in [1.165, 1.54) is 0 Å². The molecule has 0 aromatic carbocycles. The maximum absolute atomic E-state index is 10.2. The van der Waals surface area contributed by atoms with Crippen LogP contribution in [0.4, 0.5) is 0 Å². The molecule has 0 bridgehead atoms. The average Bonchev–Trinajstić information content (AvgIpc) is 1.86. The van der Waals surface area contributed by atoms with E-state index in [9.17, 15) is 9.59 Å². The van der Waals surface area contributed by atoms with Gasteiger partial charge in [-0.3, -0.25) is 0 Å². The maximum Gasteiger partial charge on any atom is 0.137 e. The molecule has 0 aliphatic carbocycles. The van der Waals surface area contributed by atoms with E-state index in [1.807, 2.05) is 13.8 Å². The summed E-state index contributed by atoms with van der Waals surface area (Å²) in [6.45, 7) is 3.86. The second kappa shape index (κ2) is 5.11. The summed E-state index contributed by atoms with van der Waals surface area (Å²) in [5.74, 6) is 0. The van der Waals surface area contributed by atoms with Crippen molar-refractivity contribution in [2.75, 3.05) is 0 Å². The number of nitrogens with one attached hydrogen (secondary N) is 1. The van der Waals surface area contributed by atoms with E-state index >= 15 is 0 Å². The zero-order valence-corrected chi connectivity index (χ0v) is 6.33. The van der Waals surface area contributed by atoms with Crippen LogP contribution in [0.3, 0.4) is 0 Å². The Morgan fingerprint density at radius 3 is 2.30 bits per heavy atom. The Labute approximate surface area is 60.8 Å². The Morgan fingerprint density at radius 1 is 1.40 bits per heavy atom. The minimum absolute atomic E-state index is 0.246. The van der Waals surface area contributed by atoms with Crippen molar-refractivity contribution < 1.29 is 9.59 Å². The molecule has 1 N–H and O–H groups in total. The molecule has 0 amide bonds. The molecule has 58 valence electrons. The average molecular weight is 143 g/mol. The molecule has 0 heterocycles. The third kappa shape index (κ3) is 4.21. The number of carbonyl (C=O) groups excluding carboxylic acids is 2. The van der Waals surface area contributed by atoms with Crippen LogP contribution in [0.25, 0.3) is 0 Å². The van der Waals surface area contributed by atoms with Crippen molar-refractivity contribution in [3.63, 3.8) is 0 Å². The van der Waals surface area contributed by atoms with Crippen LogP contribution in [-0.4, -0.2) is 24.7 Å². The number of hydrogen-bond acceptors (Lipinski definition) is 3. The summed E-state index contributed by atoms with van der Waals surface area (Å²) in [5.41, 5.74) is 0. The van der Waals surface area contributed by atoms with Crippen molar-refractivity contribution in [2.24, 2.45) is 0 Å². The minimum Gasteiger partial charge on any atom is -0.305 e. The van der Waals surface area contributed by atoms with Crippen molar-refractivity contribution in [2.45, 2.75) is 32.4 Å². The third-order valence-corrected chi connectivity index (χ3v) is 1.06. The molecular weight excluding hydrogens is 130 g/mol. The fourth-order valence-corrected chi connectivity index (χ4v) is 0.695. The first-order chi connectivity index (χ1) is 4.70. The molecule has 3 heteroatoms. The molecule has 0 aliphatic heterocycles. The Balaban J connectivity index is 3.59. The zero-order valence-electron chi connectivity index (χ0n) is 6.33. The van der Waals surface area contributed by atoms with Crippen molar-refractivity contribution in [1.29, 1.82) is 0 Å². The first-order valence-electron chi connectivity index (χ1n) is 3.35. The van der Waals surface area contributed by atoms with Gasteiger partial charge >= 0.3 is 0 Å². The highest BCUT2D eigenvalue weighted by Crippen LogP contribution is 1.86. The topological polar surface area (TPSA) is 46.2 Å². The summed E-state index contributed by atoms with van der Waals surface area (Å²) >= 11 is 0. The van der Waals surface area contributed by atoms with Gasteiger partial charge in [-0.25, -0.2) is 0 Å². The monoisotopic (exact) mass is 143 g/mol. The standard InChI is InChI=1S/C7H13NO2/c1-6(2)8-7(5-10)3-4-9/h4-8H,3H2,1-2H3. The summed E-state index contributed by atoms with van der Waals surface area (Å²) in [5, 5.41) is 2.93. The van der Waals surface area contributed by atoms with Gasteiger partial charge in [0.05, 0.1) is 6.04 Å². The molecule has 3 nitrogen and oxygen atoms in total. The van der Waals surface area contributed by atoms with E-state index in [0.717, 1.165) is 12.6 Å². The maximum atomic E-state index is 10.2. The van der Waals surface area contributed by atoms with Crippen LogP contribution in [-0.2, 0) is 9.59 Å². The van der Waals surface area contributed by atoms with E-state index in [4.69, 9.17) is 0 Å². The zero-order chi connectivity index (χ0) is 7.98. The Kier molecular flexibility index (Phi) is 4.76. The quantitative estimate of drug-likeness (QED) is 0.557. The van der Waals surface area contributed by atoms with Crippen LogP contribution in [0.15, 0.2) is 0 Å². The molecular formula is C7H13NO2. The molecule has 0 saturated heterocycles. The molecule has 0 saturated carbocycles. The predicted molar refractivity (Wildman–Crippen MR) is 38.8 cm³/mol. The Morgan fingerprint density at radius 2 is 2.00 bits per heavy atom. The molecule has 1 atom stereocenters. The van der Waals surface area contributed by atoms with E-state index < -0.39 is 0 Å². The van der Waals surface area contributed by atoms with E-state index in [2.05, 4.69) is 5.32 Å². The molecule has 10 heavy (non-hydrogen) atoms. The van der Waals surface area contributed by atoms with Crippen molar-refractivity contribution in [3.05, 3.63) is 0 Å². The molecule has 1 unspecified atom stereocenters. The highest BCUT2D eigenvalue weighted by molar-refractivity contribution is 5.65. The van der Waals surface area contributed by atoms with Gasteiger partial charge in [0, 0.05) is 12.5 Å². The molecule has 0 fully saturated rings. The van der Waals surface area contributed by atoms with E-state index in [-0.39, 0.29) is 18.5 Å². The fourth-order valence-electron chi connectivity index (χ4n) is 0.695. The van der Waals surface area contributed by atoms with Crippen molar-refractivity contribution in [1.82, 2.24) is 5.32 Å². The molecule has 0 radical (unpaired) electrons. The predicted octanol–water partition coefficient (Wildman–Crippen LogP) is 0.141. The SMILES string of the molecule is CC(C)NC(C=O)CC=O. The highest BCUT2D eigenvalue weighted by Gasteiger charge is 2.05. The minimum atomic E-state index is -0.308. The molecule has 0 spiro atoms. The van der Waals surface area contributed by atoms with Gasteiger partial charge in [-0.2, -0.15) is 0 Å².